The van der Waals surface area contributed by atoms with Gasteiger partial charge in [0.2, 0.25) is 10.0 Å². The molecule has 3 heterocycles. The summed E-state index contributed by atoms with van der Waals surface area (Å²) in [6.07, 6.45) is -6.70. The molecule has 4 aromatic rings. The van der Waals surface area contributed by atoms with E-state index < -0.39 is 39.7 Å². The summed E-state index contributed by atoms with van der Waals surface area (Å²) in [5.74, 6) is -3.21. The molecule has 0 fully saturated rings. The summed E-state index contributed by atoms with van der Waals surface area (Å²) < 4.78 is 102. The Morgan fingerprint density at radius 2 is 1.79 bits per heavy atom. The molecule has 0 saturated carbocycles. The molecule has 1 aromatic carbocycles. The number of pyridine rings is 2. The van der Waals surface area contributed by atoms with Crippen LogP contribution < -0.4 is 20.7 Å². The van der Waals surface area contributed by atoms with Crippen molar-refractivity contribution in [2.75, 3.05) is 28.2 Å². The number of rotatable bonds is 7. The van der Waals surface area contributed by atoms with E-state index in [0.29, 0.717) is 23.0 Å². The van der Waals surface area contributed by atoms with Gasteiger partial charge < -0.3 is 20.2 Å². The van der Waals surface area contributed by atoms with Crippen LogP contribution in [-0.2, 0) is 27.5 Å². The van der Waals surface area contributed by atoms with Crippen molar-refractivity contribution < 1.29 is 49.1 Å². The van der Waals surface area contributed by atoms with Crippen LogP contribution in [0.5, 0.6) is 0 Å². The molecule has 0 atom stereocenters. The highest BCUT2D eigenvalue weighted by Gasteiger charge is 2.38. The number of fused-ring (bicyclic) bond motifs is 1. The molecule has 0 aliphatic carbocycles. The van der Waals surface area contributed by atoms with E-state index in [4.69, 9.17) is 14.3 Å². The maximum Gasteiger partial charge on any atom is 0.490 e. The third-order valence-corrected chi connectivity index (χ3v) is 6.45. The summed E-state index contributed by atoms with van der Waals surface area (Å²) in [5, 5.41) is 12.7. The molecule has 19 heteroatoms. The summed E-state index contributed by atoms with van der Waals surface area (Å²) in [6, 6.07) is 8.97. The Bertz CT molecular complexity index is 1750. The first kappa shape index (κ1) is 31.7. The number of aromatic nitrogens is 3. The first-order valence-corrected chi connectivity index (χ1v) is 13.1. The second-order valence-corrected chi connectivity index (χ2v) is 10.4. The average Bonchev–Trinajstić information content (AvgIpc) is 3.25. The van der Waals surface area contributed by atoms with Crippen LogP contribution in [-0.4, -0.2) is 53.9 Å². The Hall–Kier alpha value is -4.81. The van der Waals surface area contributed by atoms with Crippen LogP contribution in [0.1, 0.15) is 11.1 Å². The van der Waals surface area contributed by atoms with Crippen LogP contribution >= 0.6 is 0 Å². The highest BCUT2D eigenvalue weighted by molar-refractivity contribution is 7.92. The third-order valence-electron chi connectivity index (χ3n) is 5.28. The predicted molar refractivity (Wildman–Crippen MR) is 138 cm³/mol. The Morgan fingerprint density at radius 3 is 2.38 bits per heavy atom. The molecule has 0 unspecified atom stereocenters. The van der Waals surface area contributed by atoms with Gasteiger partial charge in [0.15, 0.2) is 5.58 Å². The predicted octanol–water partition coefficient (Wildman–Crippen LogP) is 4.31. The van der Waals surface area contributed by atoms with Gasteiger partial charge in [-0.3, -0.25) is 9.29 Å². The number of H-pyrrole nitrogens is 1. The fourth-order valence-corrected chi connectivity index (χ4v) is 3.74. The molecule has 4 N–H and O–H groups in total. The molecule has 0 spiro atoms. The van der Waals surface area contributed by atoms with Gasteiger partial charge in [-0.25, -0.2) is 28.0 Å². The second-order valence-electron chi connectivity index (χ2n) is 8.34. The number of alkyl halides is 6. The number of carbonyl (C=O) groups is 1. The van der Waals surface area contributed by atoms with E-state index in [1.54, 1.807) is 24.3 Å². The van der Waals surface area contributed by atoms with Crippen LogP contribution in [0, 0.1) is 0 Å². The van der Waals surface area contributed by atoms with Crippen molar-refractivity contribution in [1.29, 1.82) is 0 Å². The van der Waals surface area contributed by atoms with Gasteiger partial charge in [0, 0.05) is 49.4 Å². The van der Waals surface area contributed by atoms with Gasteiger partial charge in [-0.1, -0.05) is 6.07 Å². The van der Waals surface area contributed by atoms with E-state index in [9.17, 15) is 39.6 Å². The number of nitrogens with zero attached hydrogens (tertiary/aromatic N) is 3. The fraction of sp³-hybridized carbons (Fsp3) is 0.217. The third kappa shape index (κ3) is 8.12. The Labute approximate surface area is 232 Å². The molecule has 0 aliphatic heterocycles. The quantitative estimate of drug-likeness (QED) is 0.218. The number of aliphatic carboxylic acids is 1. The second kappa shape index (κ2) is 12.0. The van der Waals surface area contributed by atoms with Gasteiger partial charge in [-0.2, -0.15) is 26.3 Å². The Balaban J connectivity index is 0.000000616. The zero-order valence-corrected chi connectivity index (χ0v) is 22.1. The Morgan fingerprint density at radius 1 is 1.12 bits per heavy atom. The van der Waals surface area contributed by atoms with Crippen LogP contribution in [0.15, 0.2) is 58.0 Å². The van der Waals surface area contributed by atoms with Gasteiger partial charge in [-0.15, -0.1) is 0 Å². The molecule has 4 rings (SSSR count). The number of sulfonamides is 1. The summed E-state index contributed by atoms with van der Waals surface area (Å²) >= 11 is 0. The zero-order chi connectivity index (χ0) is 31.5. The molecular weight excluding hydrogens is 602 g/mol. The van der Waals surface area contributed by atoms with Crippen LogP contribution in [0.3, 0.4) is 0 Å². The summed E-state index contributed by atoms with van der Waals surface area (Å²) in [6.45, 7) is -0.143. The van der Waals surface area contributed by atoms with Crippen molar-refractivity contribution in [3.05, 3.63) is 70.5 Å². The number of hydrogen-bond acceptors (Lipinski definition) is 9. The first-order valence-electron chi connectivity index (χ1n) is 11.2. The zero-order valence-electron chi connectivity index (χ0n) is 21.3. The van der Waals surface area contributed by atoms with E-state index in [1.165, 1.54) is 25.4 Å². The molecule has 42 heavy (non-hydrogen) atoms. The van der Waals surface area contributed by atoms with Crippen molar-refractivity contribution in [2.24, 2.45) is 0 Å². The van der Waals surface area contributed by atoms with Crippen molar-refractivity contribution in [3.8, 4) is 0 Å². The Kier molecular flexibility index (Phi) is 9.04. The minimum absolute atomic E-state index is 0.0877. The molecule has 0 radical (unpaired) electrons. The van der Waals surface area contributed by atoms with Crippen LogP contribution in [0.2, 0.25) is 0 Å². The summed E-state index contributed by atoms with van der Waals surface area (Å²) in [4.78, 5) is 30.6. The highest BCUT2D eigenvalue weighted by atomic mass is 32.2. The molecule has 0 aliphatic rings. The molecule has 0 amide bonds. The van der Waals surface area contributed by atoms with E-state index in [1.807, 2.05) is 0 Å². The molecule has 3 aromatic heterocycles. The average molecular weight is 623 g/mol. The number of hydrogen-bond donors (Lipinski definition) is 4. The lowest BCUT2D eigenvalue weighted by Gasteiger charge is -2.20. The number of carboxylic acid groups (broad SMARTS) is 1. The topological polar surface area (TPSA) is 171 Å². The number of benzene rings is 1. The smallest absolute Gasteiger partial charge is 0.475 e. The van der Waals surface area contributed by atoms with Gasteiger partial charge in [-0.05, 0) is 18.2 Å². The monoisotopic (exact) mass is 622 g/mol. The minimum Gasteiger partial charge on any atom is -0.475 e. The summed E-state index contributed by atoms with van der Waals surface area (Å²) in [7, 11) is -2.33. The van der Waals surface area contributed by atoms with E-state index >= 15 is 0 Å². The summed E-state index contributed by atoms with van der Waals surface area (Å²) in [5.41, 5.74) is 0.257. The van der Waals surface area contributed by atoms with Gasteiger partial charge in [0.1, 0.15) is 11.6 Å². The molecule has 0 saturated heterocycles. The fourth-order valence-electron chi connectivity index (χ4n) is 3.27. The van der Waals surface area contributed by atoms with E-state index in [2.05, 4.69) is 25.6 Å². The maximum absolute atomic E-state index is 13.6. The number of aromatic amines is 1. The lowest BCUT2D eigenvalue weighted by Crippen LogP contribution is -2.27. The van der Waals surface area contributed by atoms with Gasteiger partial charge in [0.25, 0.3) is 0 Å². The molecular formula is C23H20F6N6O6S. The molecule has 12 nitrogen and oxygen atoms in total. The molecule has 0 bridgehead atoms. The number of carboxylic acids is 1. The lowest BCUT2D eigenvalue weighted by molar-refractivity contribution is -0.192. The largest absolute Gasteiger partial charge is 0.490 e. The van der Waals surface area contributed by atoms with Gasteiger partial charge >= 0.3 is 24.1 Å². The lowest BCUT2D eigenvalue weighted by atomic mass is 10.2. The number of halogens is 6. The van der Waals surface area contributed by atoms with E-state index in [-0.39, 0.29) is 29.5 Å². The van der Waals surface area contributed by atoms with Crippen LogP contribution in [0.4, 0.5) is 49.4 Å². The van der Waals surface area contributed by atoms with Gasteiger partial charge in [0.05, 0.1) is 23.0 Å². The highest BCUT2D eigenvalue weighted by Crippen LogP contribution is 2.36. The SMILES string of the molecule is CN(c1ncccc1CNc1cc(Nc2ccc3[nH]c(=O)oc3c2)ncc1C(F)(F)F)S(C)(=O)=O.O=C(O)C(F)(F)F. The molecule has 226 valence electrons. The first-order chi connectivity index (χ1) is 19.4. The number of nitrogens with one attached hydrogen (secondary N) is 3. The van der Waals surface area contributed by atoms with Crippen LogP contribution in [0.25, 0.3) is 11.1 Å². The minimum atomic E-state index is -5.08. The normalized spacial score (nSPS) is 11.9. The van der Waals surface area contributed by atoms with Crippen molar-refractivity contribution in [2.45, 2.75) is 18.9 Å². The number of oxazole rings is 1. The van der Waals surface area contributed by atoms with Crippen molar-refractivity contribution in [1.82, 2.24) is 15.0 Å². The van der Waals surface area contributed by atoms with Crippen molar-refractivity contribution in [3.63, 3.8) is 0 Å². The number of anilines is 4. The maximum atomic E-state index is 13.6. The van der Waals surface area contributed by atoms with E-state index in [0.717, 1.165) is 10.6 Å². The standard InChI is InChI=1S/C21H19F3N6O4S.C2HF3O2/c1-30(35(2,32)33)19-12(4-3-7-25-19)10-26-16-9-18(27-11-14(16)21(22,23)24)28-13-5-6-15-17(8-13)34-20(31)29-15;3-2(4,5)1(6)7/h3-9,11H,10H2,1-2H3,(H,29,31)(H2,26,27,28);(H,6,7). The van der Waals surface area contributed by atoms with Crippen molar-refractivity contribution >= 4 is 50.1 Å².